The van der Waals surface area contributed by atoms with E-state index in [4.69, 9.17) is 5.11 Å². The number of aliphatic hydroxyl groups excluding tert-OH is 1. The van der Waals surface area contributed by atoms with Crippen LogP contribution in [0.15, 0.2) is 30.3 Å². The molecule has 1 fully saturated rings. The molecule has 4 heteroatoms. The molecule has 0 bridgehead atoms. The fraction of sp³-hybridized carbons (Fsp3) is 0.529. The number of nitriles is 1. The number of nitrogens with zero attached hydrogens (tertiary/aromatic N) is 2. The van der Waals surface area contributed by atoms with Gasteiger partial charge in [-0.25, -0.2) is 0 Å². The van der Waals surface area contributed by atoms with E-state index in [-0.39, 0.29) is 18.6 Å². The summed E-state index contributed by atoms with van der Waals surface area (Å²) in [6.07, 6.45) is 4.06. The molecule has 1 aliphatic rings. The number of aliphatic hydroxyl groups is 1. The van der Waals surface area contributed by atoms with E-state index in [0.29, 0.717) is 19.4 Å². The van der Waals surface area contributed by atoms with Gasteiger partial charge >= 0.3 is 0 Å². The lowest BCUT2D eigenvalue weighted by Crippen LogP contribution is -2.47. The van der Waals surface area contributed by atoms with E-state index in [1.165, 1.54) is 0 Å². The predicted octanol–water partition coefficient (Wildman–Crippen LogP) is 2.13. The Labute approximate surface area is 126 Å². The van der Waals surface area contributed by atoms with Crippen molar-refractivity contribution in [2.45, 2.75) is 38.1 Å². The molecule has 2 unspecified atom stereocenters. The fourth-order valence-electron chi connectivity index (χ4n) is 2.98. The number of likely N-dealkylation sites (tertiary alicyclic amines) is 1. The van der Waals surface area contributed by atoms with E-state index in [0.717, 1.165) is 24.8 Å². The minimum atomic E-state index is -0.633. The quantitative estimate of drug-likeness (QED) is 0.902. The van der Waals surface area contributed by atoms with E-state index in [2.05, 4.69) is 6.07 Å². The van der Waals surface area contributed by atoms with Crippen LogP contribution in [0.4, 0.5) is 0 Å². The minimum absolute atomic E-state index is 0.0838. The second kappa shape index (κ2) is 7.80. The topological polar surface area (TPSA) is 64.3 Å². The van der Waals surface area contributed by atoms with Gasteiger partial charge in [-0.3, -0.25) is 4.79 Å². The summed E-state index contributed by atoms with van der Waals surface area (Å²) >= 11 is 0. The van der Waals surface area contributed by atoms with Crippen LogP contribution in [0, 0.1) is 17.2 Å². The highest BCUT2D eigenvalue weighted by molar-refractivity contribution is 5.82. The molecule has 1 aliphatic heterocycles. The first kappa shape index (κ1) is 15.5. The molecule has 1 amide bonds. The van der Waals surface area contributed by atoms with Crippen molar-refractivity contribution in [2.24, 2.45) is 5.92 Å². The second-order valence-corrected chi connectivity index (χ2v) is 5.56. The molecule has 1 heterocycles. The van der Waals surface area contributed by atoms with Gasteiger partial charge in [0.1, 0.15) is 5.92 Å². The van der Waals surface area contributed by atoms with Crippen LogP contribution in [0.2, 0.25) is 0 Å². The van der Waals surface area contributed by atoms with E-state index < -0.39 is 5.92 Å². The number of carbonyl (C=O) groups is 1. The zero-order valence-electron chi connectivity index (χ0n) is 12.2. The van der Waals surface area contributed by atoms with E-state index in [1.807, 2.05) is 35.2 Å². The van der Waals surface area contributed by atoms with Gasteiger partial charge in [0.25, 0.3) is 0 Å². The van der Waals surface area contributed by atoms with Crippen molar-refractivity contribution in [1.82, 2.24) is 4.90 Å². The third-order valence-electron chi connectivity index (χ3n) is 4.11. The van der Waals surface area contributed by atoms with Crippen molar-refractivity contribution < 1.29 is 9.90 Å². The maximum Gasteiger partial charge on any atom is 0.240 e. The maximum atomic E-state index is 12.6. The van der Waals surface area contributed by atoms with Crippen LogP contribution in [0.3, 0.4) is 0 Å². The summed E-state index contributed by atoms with van der Waals surface area (Å²) in [5.74, 6) is -0.716. The Hall–Kier alpha value is -1.86. The summed E-state index contributed by atoms with van der Waals surface area (Å²) in [4.78, 5) is 14.5. The molecule has 2 rings (SSSR count). The largest absolute Gasteiger partial charge is 0.396 e. The number of rotatable bonds is 5. The molecular weight excluding hydrogens is 264 g/mol. The summed E-state index contributed by atoms with van der Waals surface area (Å²) < 4.78 is 0. The summed E-state index contributed by atoms with van der Waals surface area (Å²) in [5.41, 5.74) is 1.01. The van der Waals surface area contributed by atoms with Gasteiger partial charge in [0.2, 0.25) is 5.91 Å². The average molecular weight is 286 g/mol. The number of amides is 1. The highest BCUT2D eigenvalue weighted by atomic mass is 16.3. The number of carbonyl (C=O) groups excluding carboxylic acids is 1. The number of hydrogen-bond acceptors (Lipinski definition) is 3. The molecular formula is C17H22N2O2. The minimum Gasteiger partial charge on any atom is -0.396 e. The maximum absolute atomic E-state index is 12.6. The lowest BCUT2D eigenvalue weighted by Gasteiger charge is -2.36. The molecule has 0 spiro atoms. The first-order valence-corrected chi connectivity index (χ1v) is 7.61. The summed E-state index contributed by atoms with van der Waals surface area (Å²) in [6, 6.07) is 11.9. The number of hydrogen-bond donors (Lipinski definition) is 1. The van der Waals surface area contributed by atoms with Crippen LogP contribution in [0.1, 0.15) is 31.2 Å². The van der Waals surface area contributed by atoms with Crippen molar-refractivity contribution in [2.75, 3.05) is 13.2 Å². The van der Waals surface area contributed by atoms with Gasteiger partial charge in [0.15, 0.2) is 0 Å². The van der Waals surface area contributed by atoms with E-state index in [9.17, 15) is 10.1 Å². The Morgan fingerprint density at radius 1 is 1.38 bits per heavy atom. The van der Waals surface area contributed by atoms with Crippen LogP contribution in [0.25, 0.3) is 0 Å². The molecule has 1 N–H and O–H groups in total. The van der Waals surface area contributed by atoms with Gasteiger partial charge in [-0.15, -0.1) is 0 Å². The average Bonchev–Trinajstić information content (AvgIpc) is 2.54. The monoisotopic (exact) mass is 286 g/mol. The molecule has 1 saturated heterocycles. The Kier molecular flexibility index (Phi) is 5.77. The zero-order chi connectivity index (χ0) is 15.1. The molecule has 1 aromatic carbocycles. The normalized spacial score (nSPS) is 19.8. The van der Waals surface area contributed by atoms with Crippen molar-refractivity contribution in [3.63, 3.8) is 0 Å². The van der Waals surface area contributed by atoms with Crippen LogP contribution < -0.4 is 0 Å². The summed E-state index contributed by atoms with van der Waals surface area (Å²) in [5, 5.41) is 18.5. The molecule has 0 aliphatic carbocycles. The molecule has 0 saturated carbocycles. The summed E-state index contributed by atoms with van der Waals surface area (Å²) in [7, 11) is 0. The second-order valence-electron chi connectivity index (χ2n) is 5.56. The van der Waals surface area contributed by atoms with Crippen LogP contribution in [-0.4, -0.2) is 35.1 Å². The highest BCUT2D eigenvalue weighted by Gasteiger charge is 2.31. The lowest BCUT2D eigenvalue weighted by molar-refractivity contribution is -0.137. The molecule has 21 heavy (non-hydrogen) atoms. The molecule has 0 radical (unpaired) electrons. The van der Waals surface area contributed by atoms with Gasteiger partial charge in [-0.2, -0.15) is 5.26 Å². The van der Waals surface area contributed by atoms with Crippen molar-refractivity contribution >= 4 is 5.91 Å². The lowest BCUT2D eigenvalue weighted by atomic mass is 9.94. The highest BCUT2D eigenvalue weighted by Crippen LogP contribution is 2.22. The SMILES string of the molecule is N#CC(Cc1ccccc1)C(=O)N1CCCCC1CCO. The van der Waals surface area contributed by atoms with Gasteiger partial charge in [-0.05, 0) is 37.7 Å². The number of benzene rings is 1. The number of piperidine rings is 1. The van der Waals surface area contributed by atoms with Crippen molar-refractivity contribution in [1.29, 1.82) is 5.26 Å². The standard InChI is InChI=1S/C17H22N2O2/c18-13-15(12-14-6-2-1-3-7-14)17(21)19-10-5-4-8-16(19)9-11-20/h1-3,6-7,15-16,20H,4-5,8-12H2. The van der Waals surface area contributed by atoms with Gasteiger partial charge in [0, 0.05) is 19.2 Å². The van der Waals surface area contributed by atoms with Gasteiger partial charge < -0.3 is 10.0 Å². The van der Waals surface area contributed by atoms with E-state index >= 15 is 0 Å². The van der Waals surface area contributed by atoms with E-state index in [1.54, 1.807) is 0 Å². The Bertz CT molecular complexity index is 493. The molecule has 112 valence electrons. The smallest absolute Gasteiger partial charge is 0.240 e. The summed E-state index contributed by atoms with van der Waals surface area (Å²) in [6.45, 7) is 0.792. The molecule has 2 atom stereocenters. The zero-order valence-corrected chi connectivity index (χ0v) is 12.2. The fourth-order valence-corrected chi connectivity index (χ4v) is 2.98. The Morgan fingerprint density at radius 3 is 2.81 bits per heavy atom. The van der Waals surface area contributed by atoms with Gasteiger partial charge in [0.05, 0.1) is 6.07 Å². The van der Waals surface area contributed by atoms with Crippen LogP contribution in [-0.2, 0) is 11.2 Å². The Balaban J connectivity index is 2.06. The molecule has 1 aromatic rings. The Morgan fingerprint density at radius 2 is 2.14 bits per heavy atom. The predicted molar refractivity (Wildman–Crippen MR) is 80.3 cm³/mol. The van der Waals surface area contributed by atoms with Crippen molar-refractivity contribution in [3.05, 3.63) is 35.9 Å². The first-order chi connectivity index (χ1) is 10.3. The molecule has 4 nitrogen and oxygen atoms in total. The third kappa shape index (κ3) is 4.05. The van der Waals surface area contributed by atoms with Crippen LogP contribution in [0.5, 0.6) is 0 Å². The van der Waals surface area contributed by atoms with Crippen LogP contribution >= 0.6 is 0 Å². The third-order valence-corrected chi connectivity index (χ3v) is 4.11. The van der Waals surface area contributed by atoms with Gasteiger partial charge in [-0.1, -0.05) is 30.3 Å². The van der Waals surface area contributed by atoms with Crippen molar-refractivity contribution in [3.8, 4) is 6.07 Å². The molecule has 0 aromatic heterocycles. The first-order valence-electron chi connectivity index (χ1n) is 7.61.